The van der Waals surface area contributed by atoms with Crippen molar-refractivity contribution in [3.8, 4) is 0 Å². The van der Waals surface area contributed by atoms with Crippen molar-refractivity contribution in [2.24, 2.45) is 5.92 Å². The predicted octanol–water partition coefficient (Wildman–Crippen LogP) is 2.75. The van der Waals surface area contributed by atoms with E-state index in [-0.39, 0.29) is 23.8 Å². The number of carbonyl (C=O) groups is 2. The molecule has 0 spiro atoms. The smallest absolute Gasteiger partial charge is 0.229 e. The first-order valence-corrected chi connectivity index (χ1v) is 7.87. The van der Waals surface area contributed by atoms with Gasteiger partial charge < -0.3 is 10.2 Å². The highest BCUT2D eigenvalue weighted by atomic mass is 35.5. The van der Waals surface area contributed by atoms with Crippen LogP contribution >= 0.6 is 11.6 Å². The summed E-state index contributed by atoms with van der Waals surface area (Å²) < 4.78 is 0. The average molecular weight is 307 g/mol. The van der Waals surface area contributed by atoms with Crippen LogP contribution < -0.4 is 10.2 Å². The number of benzene rings is 1. The lowest BCUT2D eigenvalue weighted by molar-refractivity contribution is -0.125. The van der Waals surface area contributed by atoms with Crippen LogP contribution in [0.3, 0.4) is 0 Å². The largest absolute Gasteiger partial charge is 0.351 e. The van der Waals surface area contributed by atoms with E-state index in [2.05, 4.69) is 5.32 Å². The van der Waals surface area contributed by atoms with Crippen LogP contribution in [0.4, 0.5) is 5.69 Å². The van der Waals surface area contributed by atoms with Gasteiger partial charge in [-0.2, -0.15) is 0 Å². The third kappa shape index (κ3) is 3.21. The Morgan fingerprint density at radius 3 is 2.52 bits per heavy atom. The minimum absolute atomic E-state index is 0.0500. The lowest BCUT2D eigenvalue weighted by Gasteiger charge is -2.18. The van der Waals surface area contributed by atoms with Crippen LogP contribution in [0.2, 0.25) is 5.02 Å². The molecule has 1 N–H and O–H groups in total. The van der Waals surface area contributed by atoms with E-state index in [1.807, 2.05) is 12.1 Å². The van der Waals surface area contributed by atoms with Gasteiger partial charge in [-0.05, 0) is 37.1 Å². The minimum atomic E-state index is -0.0821. The number of anilines is 1. The van der Waals surface area contributed by atoms with Crippen LogP contribution in [0.1, 0.15) is 32.1 Å². The first-order valence-electron chi connectivity index (χ1n) is 7.50. The zero-order valence-corrected chi connectivity index (χ0v) is 12.6. The predicted molar refractivity (Wildman–Crippen MR) is 82.3 cm³/mol. The quantitative estimate of drug-likeness (QED) is 0.933. The fraction of sp³-hybridized carbons (Fsp3) is 0.500. The Kier molecular flexibility index (Phi) is 4.15. The molecule has 0 bridgehead atoms. The van der Waals surface area contributed by atoms with Gasteiger partial charge in [0.1, 0.15) is 0 Å². The molecule has 1 saturated carbocycles. The summed E-state index contributed by atoms with van der Waals surface area (Å²) in [6.07, 6.45) is 4.61. The van der Waals surface area contributed by atoms with E-state index >= 15 is 0 Å². The molecule has 0 aromatic heterocycles. The number of carbonyl (C=O) groups excluding carboxylic acids is 2. The first kappa shape index (κ1) is 14.4. The van der Waals surface area contributed by atoms with Crippen LogP contribution in [-0.4, -0.2) is 24.4 Å². The molecule has 1 saturated heterocycles. The maximum Gasteiger partial charge on any atom is 0.229 e. The molecule has 3 rings (SSSR count). The summed E-state index contributed by atoms with van der Waals surface area (Å²) in [5.74, 6) is 0.307. The second-order valence-electron chi connectivity index (χ2n) is 5.87. The van der Waals surface area contributed by atoms with Gasteiger partial charge in [0.25, 0.3) is 0 Å². The molecule has 2 fully saturated rings. The molecule has 4 nitrogen and oxygen atoms in total. The summed E-state index contributed by atoms with van der Waals surface area (Å²) >= 11 is 5.86. The Labute approximate surface area is 129 Å². The summed E-state index contributed by atoms with van der Waals surface area (Å²) in [4.78, 5) is 26.0. The number of hydrogen-bond acceptors (Lipinski definition) is 2. The number of halogens is 1. The lowest BCUT2D eigenvalue weighted by Crippen LogP contribution is -2.40. The van der Waals surface area contributed by atoms with Crippen molar-refractivity contribution in [3.05, 3.63) is 29.3 Å². The Hall–Kier alpha value is -1.55. The van der Waals surface area contributed by atoms with Crippen molar-refractivity contribution in [2.75, 3.05) is 11.4 Å². The van der Waals surface area contributed by atoms with Gasteiger partial charge in [-0.15, -0.1) is 0 Å². The maximum atomic E-state index is 12.1. The normalized spacial score (nSPS) is 22.8. The van der Waals surface area contributed by atoms with Crippen LogP contribution in [0.25, 0.3) is 0 Å². The Balaban J connectivity index is 1.61. The highest BCUT2D eigenvalue weighted by molar-refractivity contribution is 6.30. The highest BCUT2D eigenvalue weighted by Gasteiger charge is 2.33. The minimum Gasteiger partial charge on any atom is -0.351 e. The second-order valence-corrected chi connectivity index (χ2v) is 6.31. The molecule has 1 aromatic rings. The molecular formula is C16H19ClN2O2. The van der Waals surface area contributed by atoms with Gasteiger partial charge in [0.15, 0.2) is 0 Å². The number of hydrogen-bond donors (Lipinski definition) is 1. The van der Waals surface area contributed by atoms with Gasteiger partial charge in [0, 0.05) is 29.6 Å². The maximum absolute atomic E-state index is 12.1. The summed E-state index contributed by atoms with van der Waals surface area (Å²) in [6.45, 7) is 0.541. The van der Waals surface area contributed by atoms with Crippen molar-refractivity contribution in [1.29, 1.82) is 0 Å². The molecule has 0 unspecified atom stereocenters. The SMILES string of the molecule is O=C(N[C@H]1CC(=O)N(c2ccc(Cl)cc2)C1)C1CCCC1. The van der Waals surface area contributed by atoms with Gasteiger partial charge >= 0.3 is 0 Å². The van der Waals surface area contributed by atoms with E-state index in [9.17, 15) is 9.59 Å². The van der Waals surface area contributed by atoms with Gasteiger partial charge in [0.2, 0.25) is 11.8 Å². The van der Waals surface area contributed by atoms with Crippen LogP contribution in [0.5, 0.6) is 0 Å². The number of rotatable bonds is 3. The Morgan fingerprint density at radius 1 is 1.19 bits per heavy atom. The van der Waals surface area contributed by atoms with Crippen LogP contribution in [0, 0.1) is 5.92 Å². The number of nitrogens with zero attached hydrogens (tertiary/aromatic N) is 1. The molecule has 1 aliphatic heterocycles. The summed E-state index contributed by atoms with van der Waals surface area (Å²) in [7, 11) is 0. The molecule has 1 heterocycles. The topological polar surface area (TPSA) is 49.4 Å². The van der Waals surface area contributed by atoms with E-state index in [0.717, 1.165) is 31.4 Å². The summed E-state index contributed by atoms with van der Waals surface area (Å²) in [5.41, 5.74) is 0.835. The van der Waals surface area contributed by atoms with E-state index in [1.54, 1.807) is 17.0 Å². The average Bonchev–Trinajstić information content (AvgIpc) is 3.10. The van der Waals surface area contributed by atoms with Crippen LogP contribution in [0.15, 0.2) is 24.3 Å². The van der Waals surface area contributed by atoms with Gasteiger partial charge in [-0.3, -0.25) is 9.59 Å². The van der Waals surface area contributed by atoms with Crippen LogP contribution in [-0.2, 0) is 9.59 Å². The molecule has 1 aromatic carbocycles. The number of nitrogens with one attached hydrogen (secondary N) is 1. The van der Waals surface area contributed by atoms with E-state index in [4.69, 9.17) is 11.6 Å². The number of amides is 2. The monoisotopic (exact) mass is 306 g/mol. The summed E-state index contributed by atoms with van der Waals surface area (Å²) in [6, 6.07) is 7.13. The van der Waals surface area contributed by atoms with Crippen molar-refractivity contribution >= 4 is 29.1 Å². The molecular weight excluding hydrogens is 288 g/mol. The van der Waals surface area contributed by atoms with Gasteiger partial charge in [-0.25, -0.2) is 0 Å². The third-order valence-electron chi connectivity index (χ3n) is 4.34. The molecule has 1 atom stereocenters. The van der Waals surface area contributed by atoms with Gasteiger partial charge in [0.05, 0.1) is 6.04 Å². The zero-order valence-electron chi connectivity index (χ0n) is 11.8. The molecule has 1 aliphatic carbocycles. The summed E-state index contributed by atoms with van der Waals surface area (Å²) in [5, 5.41) is 3.68. The lowest BCUT2D eigenvalue weighted by atomic mass is 10.1. The fourth-order valence-corrected chi connectivity index (χ4v) is 3.31. The molecule has 5 heteroatoms. The standard InChI is InChI=1S/C16H19ClN2O2/c17-12-5-7-14(8-6-12)19-10-13(9-15(19)20)18-16(21)11-3-1-2-4-11/h5-8,11,13H,1-4,9-10H2,(H,18,21)/t13-/m0/s1. The Bertz CT molecular complexity index is 538. The van der Waals surface area contributed by atoms with Crippen molar-refractivity contribution in [2.45, 2.75) is 38.1 Å². The van der Waals surface area contributed by atoms with E-state index in [1.165, 1.54) is 0 Å². The van der Waals surface area contributed by atoms with Crippen molar-refractivity contribution < 1.29 is 9.59 Å². The third-order valence-corrected chi connectivity index (χ3v) is 4.59. The zero-order chi connectivity index (χ0) is 14.8. The fourth-order valence-electron chi connectivity index (χ4n) is 3.18. The molecule has 2 aliphatic rings. The van der Waals surface area contributed by atoms with Crippen molar-refractivity contribution in [3.63, 3.8) is 0 Å². The Morgan fingerprint density at radius 2 is 1.86 bits per heavy atom. The second kappa shape index (κ2) is 6.06. The van der Waals surface area contributed by atoms with E-state index in [0.29, 0.717) is 18.0 Å². The molecule has 21 heavy (non-hydrogen) atoms. The molecule has 0 radical (unpaired) electrons. The molecule has 112 valence electrons. The van der Waals surface area contributed by atoms with Crippen molar-refractivity contribution in [1.82, 2.24) is 5.32 Å². The van der Waals surface area contributed by atoms with Gasteiger partial charge in [-0.1, -0.05) is 24.4 Å². The van der Waals surface area contributed by atoms with E-state index < -0.39 is 0 Å². The first-order chi connectivity index (χ1) is 10.1. The molecule has 2 amide bonds. The highest BCUT2D eigenvalue weighted by Crippen LogP contribution is 2.26.